The lowest BCUT2D eigenvalue weighted by molar-refractivity contribution is -0.0537. The molecule has 1 aromatic heterocycles. The smallest absolute Gasteiger partial charge is 0.119 e. The van der Waals surface area contributed by atoms with Crippen molar-refractivity contribution < 1.29 is 9.84 Å². The van der Waals surface area contributed by atoms with Crippen LogP contribution in [-0.2, 0) is 13.1 Å². The SMILES string of the molecule is CCCn1c(C)cc(CN2CCC(O)(COc3ccccc3)CC2)c1C. The first-order chi connectivity index (χ1) is 12.5. The Morgan fingerprint density at radius 3 is 2.46 bits per heavy atom. The number of piperidine rings is 1. The molecular weight excluding hydrogens is 324 g/mol. The van der Waals surface area contributed by atoms with Crippen molar-refractivity contribution in [3.05, 3.63) is 53.3 Å². The van der Waals surface area contributed by atoms with Gasteiger partial charge in [-0.25, -0.2) is 0 Å². The van der Waals surface area contributed by atoms with Crippen molar-refractivity contribution >= 4 is 0 Å². The Labute approximate surface area is 157 Å². The van der Waals surface area contributed by atoms with Crippen molar-refractivity contribution in [2.75, 3.05) is 19.7 Å². The van der Waals surface area contributed by atoms with Crippen LogP contribution in [0.15, 0.2) is 36.4 Å². The third kappa shape index (κ3) is 4.49. The van der Waals surface area contributed by atoms with Crippen LogP contribution in [0.5, 0.6) is 5.75 Å². The van der Waals surface area contributed by atoms with E-state index in [-0.39, 0.29) is 0 Å². The van der Waals surface area contributed by atoms with E-state index < -0.39 is 5.60 Å². The molecule has 0 bridgehead atoms. The Morgan fingerprint density at radius 1 is 1.12 bits per heavy atom. The number of hydrogen-bond acceptors (Lipinski definition) is 3. The summed E-state index contributed by atoms with van der Waals surface area (Å²) in [5.41, 5.74) is 3.44. The van der Waals surface area contributed by atoms with Gasteiger partial charge in [-0.1, -0.05) is 25.1 Å². The van der Waals surface area contributed by atoms with E-state index in [1.54, 1.807) is 0 Å². The Balaban J connectivity index is 1.53. The molecule has 1 aliphatic heterocycles. The maximum Gasteiger partial charge on any atom is 0.119 e. The Hall–Kier alpha value is -1.78. The lowest BCUT2D eigenvalue weighted by Gasteiger charge is -2.38. The van der Waals surface area contributed by atoms with Crippen molar-refractivity contribution in [2.45, 2.75) is 58.7 Å². The van der Waals surface area contributed by atoms with Gasteiger partial charge >= 0.3 is 0 Å². The summed E-state index contributed by atoms with van der Waals surface area (Å²) in [7, 11) is 0. The van der Waals surface area contributed by atoms with Gasteiger partial charge in [0.15, 0.2) is 0 Å². The van der Waals surface area contributed by atoms with Gasteiger partial charge in [0, 0.05) is 37.6 Å². The molecular formula is C22H32N2O2. The van der Waals surface area contributed by atoms with Gasteiger partial charge < -0.3 is 14.4 Å². The Bertz CT molecular complexity index is 700. The summed E-state index contributed by atoms with van der Waals surface area (Å²) in [5, 5.41) is 10.8. The average molecular weight is 357 g/mol. The quantitative estimate of drug-likeness (QED) is 0.817. The molecule has 4 nitrogen and oxygen atoms in total. The summed E-state index contributed by atoms with van der Waals surface area (Å²) in [5.74, 6) is 0.826. The van der Waals surface area contributed by atoms with Crippen molar-refractivity contribution in [3.63, 3.8) is 0 Å². The number of para-hydroxylation sites is 1. The third-order valence-electron chi connectivity index (χ3n) is 5.56. The molecule has 1 N–H and O–H groups in total. The molecule has 0 unspecified atom stereocenters. The molecule has 1 aromatic carbocycles. The van der Waals surface area contributed by atoms with Crippen LogP contribution in [-0.4, -0.2) is 39.9 Å². The highest BCUT2D eigenvalue weighted by atomic mass is 16.5. The van der Waals surface area contributed by atoms with E-state index in [0.29, 0.717) is 6.61 Å². The summed E-state index contributed by atoms with van der Waals surface area (Å²) >= 11 is 0. The van der Waals surface area contributed by atoms with E-state index in [4.69, 9.17) is 4.74 Å². The van der Waals surface area contributed by atoms with Gasteiger partial charge in [-0.05, 0) is 56.9 Å². The van der Waals surface area contributed by atoms with Crippen LogP contribution in [0.1, 0.15) is 43.1 Å². The molecule has 0 saturated carbocycles. The van der Waals surface area contributed by atoms with Gasteiger partial charge in [-0.3, -0.25) is 4.90 Å². The summed E-state index contributed by atoms with van der Waals surface area (Å²) in [4.78, 5) is 2.45. The second kappa shape index (κ2) is 8.28. The zero-order valence-corrected chi connectivity index (χ0v) is 16.4. The monoisotopic (exact) mass is 356 g/mol. The molecule has 0 radical (unpaired) electrons. The van der Waals surface area contributed by atoms with Crippen molar-refractivity contribution in [3.8, 4) is 5.75 Å². The molecule has 1 aliphatic rings. The van der Waals surface area contributed by atoms with E-state index in [0.717, 1.165) is 51.2 Å². The number of benzene rings is 1. The number of aromatic nitrogens is 1. The minimum absolute atomic E-state index is 0.371. The number of likely N-dealkylation sites (tertiary alicyclic amines) is 1. The molecule has 4 heteroatoms. The van der Waals surface area contributed by atoms with Gasteiger partial charge in [0.1, 0.15) is 18.0 Å². The second-order valence-corrected chi connectivity index (χ2v) is 7.65. The Kier molecular flexibility index (Phi) is 6.05. The summed E-state index contributed by atoms with van der Waals surface area (Å²) in [6, 6.07) is 12.1. The van der Waals surface area contributed by atoms with Gasteiger partial charge in [-0.15, -0.1) is 0 Å². The van der Waals surface area contributed by atoms with E-state index in [1.807, 2.05) is 30.3 Å². The fourth-order valence-corrected chi connectivity index (χ4v) is 3.85. The number of hydrogen-bond donors (Lipinski definition) is 1. The summed E-state index contributed by atoms with van der Waals surface area (Å²) in [6.07, 6.45) is 2.68. The molecule has 1 saturated heterocycles. The van der Waals surface area contributed by atoms with E-state index in [1.165, 1.54) is 17.0 Å². The average Bonchev–Trinajstić information content (AvgIpc) is 2.91. The summed E-state index contributed by atoms with van der Waals surface area (Å²) in [6.45, 7) is 10.9. The van der Waals surface area contributed by atoms with Crippen molar-refractivity contribution in [2.24, 2.45) is 0 Å². The van der Waals surface area contributed by atoms with Gasteiger partial charge in [0.25, 0.3) is 0 Å². The van der Waals surface area contributed by atoms with Crippen LogP contribution in [0, 0.1) is 13.8 Å². The number of ether oxygens (including phenoxy) is 1. The normalized spacial score (nSPS) is 17.4. The molecule has 26 heavy (non-hydrogen) atoms. The van der Waals surface area contributed by atoms with Crippen molar-refractivity contribution in [1.29, 1.82) is 0 Å². The largest absolute Gasteiger partial charge is 0.491 e. The molecule has 0 aliphatic carbocycles. The first kappa shape index (κ1) is 19.0. The molecule has 2 heterocycles. The standard InChI is InChI=1S/C22H32N2O2/c1-4-12-24-18(2)15-20(19(24)3)16-23-13-10-22(25,11-14-23)17-26-21-8-6-5-7-9-21/h5-9,15,25H,4,10-14,16-17H2,1-3H3. The van der Waals surface area contributed by atoms with E-state index in [2.05, 4.69) is 36.3 Å². The number of rotatable bonds is 7. The van der Waals surface area contributed by atoms with Crippen LogP contribution in [0.3, 0.4) is 0 Å². The summed E-state index contributed by atoms with van der Waals surface area (Å²) < 4.78 is 8.22. The molecule has 3 rings (SSSR count). The minimum Gasteiger partial charge on any atom is -0.491 e. The minimum atomic E-state index is -0.717. The second-order valence-electron chi connectivity index (χ2n) is 7.65. The van der Waals surface area contributed by atoms with Crippen LogP contribution < -0.4 is 4.74 Å². The molecule has 0 atom stereocenters. The zero-order chi connectivity index (χ0) is 18.6. The van der Waals surface area contributed by atoms with Gasteiger partial charge in [0.2, 0.25) is 0 Å². The maximum absolute atomic E-state index is 10.8. The topological polar surface area (TPSA) is 37.6 Å². The fraction of sp³-hybridized carbons (Fsp3) is 0.545. The molecule has 142 valence electrons. The Morgan fingerprint density at radius 2 is 1.81 bits per heavy atom. The predicted molar refractivity (Wildman–Crippen MR) is 106 cm³/mol. The number of aliphatic hydroxyl groups is 1. The van der Waals surface area contributed by atoms with Gasteiger partial charge in [-0.2, -0.15) is 0 Å². The van der Waals surface area contributed by atoms with Crippen LogP contribution in [0.4, 0.5) is 0 Å². The highest BCUT2D eigenvalue weighted by Gasteiger charge is 2.33. The zero-order valence-electron chi connectivity index (χ0n) is 16.4. The van der Waals surface area contributed by atoms with Gasteiger partial charge in [0.05, 0.1) is 0 Å². The first-order valence-corrected chi connectivity index (χ1v) is 9.79. The van der Waals surface area contributed by atoms with Crippen LogP contribution in [0.2, 0.25) is 0 Å². The lowest BCUT2D eigenvalue weighted by atomic mass is 9.92. The van der Waals surface area contributed by atoms with Crippen LogP contribution in [0.25, 0.3) is 0 Å². The third-order valence-corrected chi connectivity index (χ3v) is 5.56. The molecule has 1 fully saturated rings. The van der Waals surface area contributed by atoms with E-state index in [9.17, 15) is 5.11 Å². The fourth-order valence-electron chi connectivity index (χ4n) is 3.85. The van der Waals surface area contributed by atoms with E-state index >= 15 is 0 Å². The lowest BCUT2D eigenvalue weighted by Crippen LogP contribution is -2.47. The number of aryl methyl sites for hydroxylation is 1. The molecule has 2 aromatic rings. The molecule has 0 amide bonds. The highest BCUT2D eigenvalue weighted by Crippen LogP contribution is 2.26. The number of nitrogens with zero attached hydrogens (tertiary/aromatic N) is 2. The molecule has 0 spiro atoms. The van der Waals surface area contributed by atoms with Crippen LogP contribution >= 0.6 is 0 Å². The maximum atomic E-state index is 10.8. The first-order valence-electron chi connectivity index (χ1n) is 9.79. The predicted octanol–water partition coefficient (Wildman–Crippen LogP) is 3.92. The highest BCUT2D eigenvalue weighted by molar-refractivity contribution is 5.27. The van der Waals surface area contributed by atoms with Crippen molar-refractivity contribution in [1.82, 2.24) is 9.47 Å².